The van der Waals surface area contributed by atoms with Gasteiger partial charge in [0.05, 0.1) is 24.1 Å². The fraction of sp³-hybridized carbons (Fsp3) is 0.381. The highest BCUT2D eigenvalue weighted by molar-refractivity contribution is 5.91. The second-order valence-electron chi connectivity index (χ2n) is 7.42. The smallest absolute Gasteiger partial charge is 0.264 e. The van der Waals surface area contributed by atoms with E-state index in [0.717, 1.165) is 37.4 Å². The third-order valence-corrected chi connectivity index (χ3v) is 5.21. The Bertz CT molecular complexity index is 1060. The minimum atomic E-state index is -0.235. The molecule has 0 aliphatic carbocycles. The van der Waals surface area contributed by atoms with Crippen LogP contribution in [0.25, 0.3) is 22.2 Å². The van der Waals surface area contributed by atoms with E-state index in [2.05, 4.69) is 32.7 Å². The van der Waals surface area contributed by atoms with Crippen molar-refractivity contribution in [1.82, 2.24) is 19.9 Å². The molecule has 1 saturated heterocycles. The number of piperazine rings is 1. The summed E-state index contributed by atoms with van der Waals surface area (Å²) in [6.07, 6.45) is 1.52. The number of pyridine rings is 1. The fourth-order valence-electron chi connectivity index (χ4n) is 3.52. The van der Waals surface area contributed by atoms with Gasteiger partial charge in [-0.15, -0.1) is 0 Å². The standard InChI is InChI=1S/C21H26N6O2/c1-14(12-28)24-20-19-18(23-13-26(2)21(19)29)11-17(25-20)15-3-5-16(6-4-15)27-9-7-22-8-10-27/h3-6,11,13-14,22,28H,7-10,12H2,1-2H3,(H,24,25). The van der Waals surface area contributed by atoms with Crippen molar-refractivity contribution in [3.8, 4) is 11.3 Å². The average Bonchev–Trinajstić information content (AvgIpc) is 2.76. The van der Waals surface area contributed by atoms with Gasteiger partial charge in [-0.05, 0) is 25.1 Å². The van der Waals surface area contributed by atoms with Crippen molar-refractivity contribution in [2.75, 3.05) is 43.0 Å². The van der Waals surface area contributed by atoms with Gasteiger partial charge < -0.3 is 25.2 Å². The van der Waals surface area contributed by atoms with E-state index in [4.69, 9.17) is 4.98 Å². The third kappa shape index (κ3) is 3.94. The predicted octanol–water partition coefficient (Wildman–Crippen LogP) is 1.20. The van der Waals surface area contributed by atoms with E-state index in [1.165, 1.54) is 16.6 Å². The zero-order valence-electron chi connectivity index (χ0n) is 16.7. The monoisotopic (exact) mass is 394 g/mol. The fourth-order valence-corrected chi connectivity index (χ4v) is 3.52. The Kier molecular flexibility index (Phi) is 5.46. The summed E-state index contributed by atoms with van der Waals surface area (Å²) < 4.78 is 1.43. The molecule has 1 unspecified atom stereocenters. The van der Waals surface area contributed by atoms with Crippen LogP contribution in [0.4, 0.5) is 11.5 Å². The SMILES string of the molecule is CC(CO)Nc1nc(-c2ccc(N3CCNCC3)cc2)cc2ncn(C)c(=O)c12. The van der Waals surface area contributed by atoms with Crippen molar-refractivity contribution in [2.24, 2.45) is 7.05 Å². The number of aliphatic hydroxyl groups is 1. The lowest BCUT2D eigenvalue weighted by molar-refractivity contribution is 0.281. The van der Waals surface area contributed by atoms with Gasteiger partial charge in [0.1, 0.15) is 11.2 Å². The molecule has 1 atom stereocenters. The average molecular weight is 394 g/mol. The first-order chi connectivity index (χ1) is 14.1. The van der Waals surface area contributed by atoms with Crippen molar-refractivity contribution >= 4 is 22.4 Å². The summed E-state index contributed by atoms with van der Waals surface area (Å²) in [7, 11) is 1.66. The molecule has 2 aromatic heterocycles. The lowest BCUT2D eigenvalue weighted by atomic mass is 10.1. The number of hydrogen-bond acceptors (Lipinski definition) is 7. The number of nitrogens with one attached hydrogen (secondary N) is 2. The van der Waals surface area contributed by atoms with E-state index in [1.807, 2.05) is 25.1 Å². The Balaban J connectivity index is 1.75. The van der Waals surface area contributed by atoms with Gasteiger partial charge in [-0.25, -0.2) is 9.97 Å². The maximum atomic E-state index is 12.7. The van der Waals surface area contributed by atoms with Crippen LogP contribution < -0.4 is 21.1 Å². The molecule has 1 aromatic carbocycles. The van der Waals surface area contributed by atoms with Crippen molar-refractivity contribution in [3.05, 3.63) is 47.0 Å². The van der Waals surface area contributed by atoms with Crippen LogP contribution in [-0.2, 0) is 7.05 Å². The number of anilines is 2. The third-order valence-electron chi connectivity index (χ3n) is 5.21. The molecule has 0 radical (unpaired) electrons. The molecule has 29 heavy (non-hydrogen) atoms. The number of rotatable bonds is 5. The van der Waals surface area contributed by atoms with Gasteiger partial charge in [0.25, 0.3) is 5.56 Å². The molecule has 3 aromatic rings. The molecule has 3 N–H and O–H groups in total. The number of aryl methyl sites for hydroxylation is 1. The van der Waals surface area contributed by atoms with Crippen LogP contribution in [0.5, 0.6) is 0 Å². The van der Waals surface area contributed by atoms with Gasteiger partial charge >= 0.3 is 0 Å². The van der Waals surface area contributed by atoms with Crippen LogP contribution in [0, 0.1) is 0 Å². The number of fused-ring (bicyclic) bond motifs is 1. The lowest BCUT2D eigenvalue weighted by Crippen LogP contribution is -2.43. The van der Waals surface area contributed by atoms with E-state index >= 15 is 0 Å². The molecule has 0 saturated carbocycles. The Hall–Kier alpha value is -2.97. The zero-order valence-corrected chi connectivity index (χ0v) is 16.7. The van der Waals surface area contributed by atoms with E-state index in [0.29, 0.717) is 16.7 Å². The van der Waals surface area contributed by atoms with Crippen LogP contribution in [0.1, 0.15) is 6.92 Å². The highest BCUT2D eigenvalue weighted by Crippen LogP contribution is 2.27. The summed E-state index contributed by atoms with van der Waals surface area (Å²) in [5, 5.41) is 16.4. The second kappa shape index (κ2) is 8.18. The maximum absolute atomic E-state index is 12.7. The summed E-state index contributed by atoms with van der Waals surface area (Å²) in [6.45, 7) is 5.75. The quantitative estimate of drug-likeness (QED) is 0.598. The molecule has 0 amide bonds. The lowest BCUT2D eigenvalue weighted by Gasteiger charge is -2.29. The molecule has 8 nitrogen and oxygen atoms in total. The van der Waals surface area contributed by atoms with Crippen LogP contribution in [-0.4, -0.2) is 58.5 Å². The van der Waals surface area contributed by atoms with Gasteiger partial charge in [0, 0.05) is 50.5 Å². The number of hydrogen-bond donors (Lipinski definition) is 3. The molecule has 0 bridgehead atoms. The summed E-state index contributed by atoms with van der Waals surface area (Å²) in [4.78, 5) is 24.1. The molecular weight excluding hydrogens is 368 g/mol. The van der Waals surface area contributed by atoms with Gasteiger partial charge in [-0.2, -0.15) is 0 Å². The first kappa shape index (κ1) is 19.4. The van der Waals surface area contributed by atoms with E-state index in [-0.39, 0.29) is 18.2 Å². The highest BCUT2D eigenvalue weighted by atomic mass is 16.3. The van der Waals surface area contributed by atoms with Crippen molar-refractivity contribution in [3.63, 3.8) is 0 Å². The van der Waals surface area contributed by atoms with Crippen molar-refractivity contribution in [1.29, 1.82) is 0 Å². The number of benzene rings is 1. The molecule has 8 heteroatoms. The molecule has 0 spiro atoms. The minimum Gasteiger partial charge on any atom is -0.394 e. The molecule has 1 fully saturated rings. The normalized spacial score (nSPS) is 15.5. The Labute approximate surface area is 169 Å². The van der Waals surface area contributed by atoms with E-state index in [9.17, 15) is 9.90 Å². The number of aromatic nitrogens is 3. The van der Waals surface area contributed by atoms with Gasteiger partial charge in [0.2, 0.25) is 0 Å². The van der Waals surface area contributed by atoms with Crippen molar-refractivity contribution in [2.45, 2.75) is 13.0 Å². The molecule has 152 valence electrons. The maximum Gasteiger partial charge on any atom is 0.264 e. The van der Waals surface area contributed by atoms with Crippen LogP contribution in [0.15, 0.2) is 41.5 Å². The van der Waals surface area contributed by atoms with Crippen LogP contribution in [0.2, 0.25) is 0 Å². The predicted molar refractivity (Wildman–Crippen MR) is 115 cm³/mol. The summed E-state index contributed by atoms with van der Waals surface area (Å²) >= 11 is 0. The molecule has 4 rings (SSSR count). The Morgan fingerprint density at radius 1 is 1.24 bits per heavy atom. The minimum absolute atomic E-state index is 0.0621. The Morgan fingerprint density at radius 2 is 1.97 bits per heavy atom. The van der Waals surface area contributed by atoms with Gasteiger partial charge in [-0.1, -0.05) is 12.1 Å². The highest BCUT2D eigenvalue weighted by Gasteiger charge is 2.15. The second-order valence-corrected chi connectivity index (χ2v) is 7.42. The summed E-state index contributed by atoms with van der Waals surface area (Å²) in [5.41, 5.74) is 3.29. The molecule has 1 aliphatic rings. The molecule has 3 heterocycles. The molecular formula is C21H26N6O2. The molecule has 1 aliphatic heterocycles. The number of nitrogens with zero attached hydrogens (tertiary/aromatic N) is 4. The van der Waals surface area contributed by atoms with Gasteiger partial charge in [0.15, 0.2) is 0 Å². The first-order valence-corrected chi connectivity index (χ1v) is 9.86. The summed E-state index contributed by atoms with van der Waals surface area (Å²) in [5.74, 6) is 0.443. The first-order valence-electron chi connectivity index (χ1n) is 9.86. The Morgan fingerprint density at radius 3 is 2.66 bits per heavy atom. The topological polar surface area (TPSA) is 95.3 Å². The largest absolute Gasteiger partial charge is 0.394 e. The number of aliphatic hydroxyl groups excluding tert-OH is 1. The zero-order chi connectivity index (χ0) is 20.4. The van der Waals surface area contributed by atoms with Gasteiger partial charge in [-0.3, -0.25) is 4.79 Å². The summed E-state index contributed by atoms with van der Waals surface area (Å²) in [6, 6.07) is 9.91. The van der Waals surface area contributed by atoms with Crippen LogP contribution in [0.3, 0.4) is 0 Å². The van der Waals surface area contributed by atoms with E-state index in [1.54, 1.807) is 7.05 Å². The van der Waals surface area contributed by atoms with E-state index < -0.39 is 0 Å². The van der Waals surface area contributed by atoms with Crippen molar-refractivity contribution < 1.29 is 5.11 Å². The van der Waals surface area contributed by atoms with Crippen LogP contribution >= 0.6 is 0 Å².